The second kappa shape index (κ2) is 9.22. The summed E-state index contributed by atoms with van der Waals surface area (Å²) in [7, 11) is 1.56. The Labute approximate surface area is 146 Å². The van der Waals surface area contributed by atoms with Crippen molar-refractivity contribution in [1.29, 1.82) is 0 Å². The van der Waals surface area contributed by atoms with E-state index in [9.17, 15) is 9.59 Å². The summed E-state index contributed by atoms with van der Waals surface area (Å²) in [6.07, 6.45) is 0.652. The van der Waals surface area contributed by atoms with Crippen LogP contribution in [0, 0.1) is 0 Å². The highest BCUT2D eigenvalue weighted by Gasteiger charge is 2.08. The Morgan fingerprint density at radius 3 is 2.36 bits per heavy atom. The molecule has 0 aliphatic heterocycles. The number of hydrogen-bond donors (Lipinski definition) is 2. The van der Waals surface area contributed by atoms with Crippen molar-refractivity contribution >= 4 is 17.5 Å². The minimum Gasteiger partial charge on any atom is -0.497 e. The Morgan fingerprint density at radius 1 is 1.04 bits per heavy atom. The Kier molecular flexibility index (Phi) is 6.71. The van der Waals surface area contributed by atoms with Crippen LogP contribution >= 0.6 is 0 Å². The lowest BCUT2D eigenvalue weighted by Gasteiger charge is -2.06. The number of nitrogens with zero attached hydrogens (tertiary/aromatic N) is 1. The molecule has 2 rings (SSSR count). The minimum absolute atomic E-state index is 0.146. The molecule has 2 aromatic rings. The molecule has 0 atom stereocenters. The molecule has 0 radical (unpaired) electrons. The molecule has 0 spiro atoms. The van der Waals surface area contributed by atoms with E-state index in [-0.39, 0.29) is 18.4 Å². The first-order valence-corrected chi connectivity index (χ1v) is 7.86. The van der Waals surface area contributed by atoms with Crippen LogP contribution in [0.1, 0.15) is 22.8 Å². The number of rotatable bonds is 7. The number of hydrogen-bond acceptors (Lipinski definition) is 4. The van der Waals surface area contributed by atoms with Crippen LogP contribution in [0.25, 0.3) is 0 Å². The quantitative estimate of drug-likeness (QED) is 0.599. The highest BCUT2D eigenvalue weighted by atomic mass is 16.5. The van der Waals surface area contributed by atoms with Gasteiger partial charge in [0.05, 0.1) is 13.7 Å². The Bertz CT molecular complexity index is 740. The number of hydrazone groups is 1. The Morgan fingerprint density at radius 2 is 1.72 bits per heavy atom. The number of methoxy groups -OCH3 is 1. The van der Waals surface area contributed by atoms with E-state index < -0.39 is 0 Å². The van der Waals surface area contributed by atoms with Gasteiger partial charge in [0.15, 0.2) is 0 Å². The van der Waals surface area contributed by atoms with Gasteiger partial charge < -0.3 is 10.1 Å². The molecule has 0 unspecified atom stereocenters. The highest BCUT2D eigenvalue weighted by Crippen LogP contribution is 2.10. The molecular formula is C19H21N3O3. The zero-order valence-corrected chi connectivity index (χ0v) is 14.3. The molecule has 0 saturated carbocycles. The van der Waals surface area contributed by atoms with Crippen molar-refractivity contribution in [2.45, 2.75) is 13.3 Å². The van der Waals surface area contributed by atoms with Crippen LogP contribution < -0.4 is 15.5 Å². The number of carbonyl (C=O) groups is 2. The smallest absolute Gasteiger partial charge is 0.259 e. The fourth-order valence-corrected chi connectivity index (χ4v) is 2.13. The molecule has 0 saturated heterocycles. The molecule has 0 bridgehead atoms. The summed E-state index contributed by atoms with van der Waals surface area (Å²) in [6.45, 7) is 1.69. The molecule has 6 nitrogen and oxygen atoms in total. The lowest BCUT2D eigenvalue weighted by Crippen LogP contribution is -2.35. The summed E-state index contributed by atoms with van der Waals surface area (Å²) < 4.78 is 5.03. The van der Waals surface area contributed by atoms with Crippen molar-refractivity contribution in [3.8, 4) is 5.75 Å². The van der Waals surface area contributed by atoms with E-state index in [1.165, 1.54) is 0 Å². The lowest BCUT2D eigenvalue weighted by atomic mass is 10.1. The first-order valence-electron chi connectivity index (χ1n) is 7.86. The second-order valence-electron chi connectivity index (χ2n) is 5.46. The summed E-state index contributed by atoms with van der Waals surface area (Å²) in [4.78, 5) is 23.7. The van der Waals surface area contributed by atoms with Crippen molar-refractivity contribution in [3.05, 3.63) is 65.7 Å². The van der Waals surface area contributed by atoms with Crippen LogP contribution in [0.3, 0.4) is 0 Å². The Hall–Kier alpha value is -3.15. The highest BCUT2D eigenvalue weighted by molar-refractivity contribution is 5.96. The monoisotopic (exact) mass is 339 g/mol. The van der Waals surface area contributed by atoms with E-state index in [2.05, 4.69) is 15.8 Å². The van der Waals surface area contributed by atoms with Gasteiger partial charge in [-0.05, 0) is 36.8 Å². The molecule has 2 aromatic carbocycles. The van der Waals surface area contributed by atoms with Crippen molar-refractivity contribution in [1.82, 2.24) is 10.7 Å². The topological polar surface area (TPSA) is 79.8 Å². The third-order valence-electron chi connectivity index (χ3n) is 3.44. The van der Waals surface area contributed by atoms with Gasteiger partial charge in [0.25, 0.3) is 11.8 Å². The van der Waals surface area contributed by atoms with Crippen molar-refractivity contribution < 1.29 is 14.3 Å². The van der Waals surface area contributed by atoms with E-state index in [0.29, 0.717) is 17.7 Å². The molecule has 0 fully saturated rings. The molecule has 0 aromatic heterocycles. The number of amides is 2. The molecule has 130 valence electrons. The van der Waals surface area contributed by atoms with E-state index in [0.717, 1.165) is 11.3 Å². The van der Waals surface area contributed by atoms with Gasteiger partial charge in [0.1, 0.15) is 5.75 Å². The van der Waals surface area contributed by atoms with Gasteiger partial charge >= 0.3 is 0 Å². The summed E-state index contributed by atoms with van der Waals surface area (Å²) >= 11 is 0. The van der Waals surface area contributed by atoms with E-state index in [1.54, 1.807) is 31.4 Å². The fourth-order valence-electron chi connectivity index (χ4n) is 2.13. The maximum Gasteiger partial charge on any atom is 0.259 e. The molecule has 2 N–H and O–H groups in total. The molecule has 2 amide bonds. The molecule has 0 heterocycles. The average Bonchev–Trinajstić information content (AvgIpc) is 2.65. The van der Waals surface area contributed by atoms with Crippen molar-refractivity contribution in [3.63, 3.8) is 0 Å². The maximum atomic E-state index is 12.0. The van der Waals surface area contributed by atoms with E-state index >= 15 is 0 Å². The zero-order valence-electron chi connectivity index (χ0n) is 14.3. The van der Waals surface area contributed by atoms with Crippen LogP contribution in [0.15, 0.2) is 59.7 Å². The van der Waals surface area contributed by atoms with Gasteiger partial charge in [-0.15, -0.1) is 0 Å². The predicted molar refractivity (Wildman–Crippen MR) is 96.7 cm³/mol. The SMILES string of the molecule is COc1ccc(C(=O)NCC(=O)N/N=C(\C)Cc2ccccc2)cc1. The van der Waals surface area contributed by atoms with Gasteiger partial charge in [0.2, 0.25) is 0 Å². The van der Waals surface area contributed by atoms with E-state index in [1.807, 2.05) is 37.3 Å². The second-order valence-corrected chi connectivity index (χ2v) is 5.46. The third-order valence-corrected chi connectivity index (χ3v) is 3.44. The zero-order chi connectivity index (χ0) is 18.1. The number of ether oxygens (including phenoxy) is 1. The Balaban J connectivity index is 1.77. The van der Waals surface area contributed by atoms with Crippen molar-refractivity contribution in [2.24, 2.45) is 5.10 Å². The van der Waals surface area contributed by atoms with Gasteiger partial charge in [-0.2, -0.15) is 5.10 Å². The number of carbonyl (C=O) groups excluding carboxylic acids is 2. The number of nitrogens with one attached hydrogen (secondary N) is 2. The summed E-state index contributed by atoms with van der Waals surface area (Å²) in [5.74, 6) is -0.0467. The van der Waals surface area contributed by atoms with Crippen LogP contribution in [-0.2, 0) is 11.2 Å². The first kappa shape index (κ1) is 18.2. The van der Waals surface area contributed by atoms with Gasteiger partial charge in [-0.25, -0.2) is 5.43 Å². The summed E-state index contributed by atoms with van der Waals surface area (Å²) in [5, 5.41) is 6.59. The first-order chi connectivity index (χ1) is 12.1. The lowest BCUT2D eigenvalue weighted by molar-refractivity contribution is -0.120. The molecule has 25 heavy (non-hydrogen) atoms. The molecular weight excluding hydrogens is 318 g/mol. The molecule has 0 aliphatic rings. The average molecular weight is 339 g/mol. The molecule has 0 aliphatic carbocycles. The minimum atomic E-state index is -0.380. The summed E-state index contributed by atoms with van der Waals surface area (Å²) in [6, 6.07) is 16.5. The maximum absolute atomic E-state index is 12.0. The summed E-state index contributed by atoms with van der Waals surface area (Å²) in [5.41, 5.74) is 4.79. The van der Waals surface area contributed by atoms with Crippen LogP contribution in [0.4, 0.5) is 0 Å². The van der Waals surface area contributed by atoms with Gasteiger partial charge in [-0.3, -0.25) is 9.59 Å². The third kappa shape index (κ3) is 6.10. The number of benzene rings is 2. The van der Waals surface area contributed by atoms with Gasteiger partial charge in [0, 0.05) is 17.7 Å². The van der Waals surface area contributed by atoms with Crippen LogP contribution in [0.2, 0.25) is 0 Å². The standard InChI is InChI=1S/C19H21N3O3/c1-14(12-15-6-4-3-5-7-15)21-22-18(23)13-20-19(24)16-8-10-17(25-2)11-9-16/h3-11H,12-13H2,1-2H3,(H,20,24)(H,22,23)/b21-14+. The largest absolute Gasteiger partial charge is 0.497 e. The van der Waals surface area contributed by atoms with Crippen LogP contribution in [0.5, 0.6) is 5.75 Å². The van der Waals surface area contributed by atoms with E-state index in [4.69, 9.17) is 4.74 Å². The van der Waals surface area contributed by atoms with Gasteiger partial charge in [-0.1, -0.05) is 30.3 Å². The fraction of sp³-hybridized carbons (Fsp3) is 0.211. The van der Waals surface area contributed by atoms with Crippen molar-refractivity contribution in [2.75, 3.05) is 13.7 Å². The predicted octanol–water partition coefficient (Wildman–Crippen LogP) is 2.16. The van der Waals surface area contributed by atoms with Crippen LogP contribution in [-0.4, -0.2) is 31.2 Å². The molecule has 6 heteroatoms. The normalized spacial score (nSPS) is 10.9.